The highest BCUT2D eigenvalue weighted by Gasteiger charge is 2.18. The number of nitrogens with zero attached hydrogens (tertiary/aromatic N) is 1. The molecule has 35 heavy (non-hydrogen) atoms. The van der Waals surface area contributed by atoms with E-state index in [1.165, 1.54) is 21.2 Å². The Balaban J connectivity index is 1.49. The van der Waals surface area contributed by atoms with Crippen LogP contribution in [0.1, 0.15) is 0 Å². The summed E-state index contributed by atoms with van der Waals surface area (Å²) in [6.45, 7) is 3.89. The minimum Gasteiger partial charge on any atom is -0.383 e. The average Bonchev–Trinajstić information content (AvgIpc) is 2.94. The number of methoxy groups -OCH3 is 1. The highest BCUT2D eigenvalue weighted by Crippen LogP contribution is 2.35. The van der Waals surface area contributed by atoms with E-state index in [1.807, 2.05) is 0 Å². The molecule has 2 nitrogen and oxygen atoms in total. The van der Waals surface area contributed by atoms with Gasteiger partial charge in [0.15, 0.2) is 0 Å². The van der Waals surface area contributed by atoms with Gasteiger partial charge in [-0.15, -0.1) is 0 Å². The van der Waals surface area contributed by atoms with Gasteiger partial charge < -0.3 is 9.64 Å². The molecule has 0 aliphatic carbocycles. The maximum Gasteiger partial charge on any atom is 0.0589 e. The molecule has 0 saturated heterocycles. The fraction of sp³-hybridized carbons (Fsp3) is 0.226. The van der Waals surface area contributed by atoms with Crippen molar-refractivity contribution in [2.24, 2.45) is 0 Å². The molecule has 180 valence electrons. The Bertz CT molecular complexity index is 928. The van der Waals surface area contributed by atoms with Crippen LogP contribution in [0.2, 0.25) is 0 Å². The molecule has 0 amide bonds. The molecule has 0 bridgehead atoms. The van der Waals surface area contributed by atoms with Crippen molar-refractivity contribution >= 4 is 37.1 Å². The fourth-order valence-corrected chi connectivity index (χ4v) is 9.01. The average molecular weight is 500 g/mol. The second kappa shape index (κ2) is 14.3. The molecule has 0 N–H and O–H groups in total. The third-order valence-corrected chi connectivity index (χ3v) is 11.1. The van der Waals surface area contributed by atoms with Gasteiger partial charge in [-0.3, -0.25) is 0 Å². The predicted octanol–water partition coefficient (Wildman–Crippen LogP) is 5.20. The normalized spacial score (nSPS) is 11.4. The zero-order valence-electron chi connectivity index (χ0n) is 20.5. The standard InChI is InChI=1S/C31H35NOP2/c1-33-25-22-32(23-26-34(28-14-6-2-7-15-28)29-16-8-3-9-17-29)24-27-35(30-18-10-4-11-19-30)31-20-12-5-13-21-31/h2-21H,22-27H2,1H3. The quantitative estimate of drug-likeness (QED) is 0.235. The van der Waals surface area contributed by atoms with Gasteiger partial charge in [0.25, 0.3) is 0 Å². The molecule has 0 aromatic heterocycles. The molecular weight excluding hydrogens is 464 g/mol. The second-order valence-electron chi connectivity index (χ2n) is 8.48. The van der Waals surface area contributed by atoms with Crippen LogP contribution in [0.15, 0.2) is 121 Å². The van der Waals surface area contributed by atoms with E-state index in [2.05, 4.69) is 126 Å². The molecule has 0 radical (unpaired) electrons. The number of hydrogen-bond donors (Lipinski definition) is 0. The Morgan fingerprint density at radius 1 is 0.486 bits per heavy atom. The molecule has 0 aliphatic rings. The maximum atomic E-state index is 5.49. The smallest absolute Gasteiger partial charge is 0.0589 e. The minimum absolute atomic E-state index is 0.389. The summed E-state index contributed by atoms with van der Waals surface area (Å²) in [5.41, 5.74) is 0. The molecule has 0 atom stereocenters. The topological polar surface area (TPSA) is 12.5 Å². The van der Waals surface area contributed by atoms with Crippen molar-refractivity contribution in [2.45, 2.75) is 0 Å². The van der Waals surface area contributed by atoms with Crippen LogP contribution in [-0.4, -0.2) is 50.6 Å². The summed E-state index contributed by atoms with van der Waals surface area (Å²) in [6, 6.07) is 44.2. The molecule has 0 fully saturated rings. The molecule has 4 aromatic carbocycles. The number of rotatable bonds is 13. The van der Waals surface area contributed by atoms with Crippen LogP contribution < -0.4 is 21.2 Å². The first kappa shape index (κ1) is 25.7. The van der Waals surface area contributed by atoms with Gasteiger partial charge in [-0.25, -0.2) is 0 Å². The Hall–Kier alpha value is -2.34. The summed E-state index contributed by atoms with van der Waals surface area (Å²) in [5, 5.41) is 5.82. The van der Waals surface area contributed by atoms with E-state index in [-0.39, 0.29) is 15.8 Å². The first-order valence-corrected chi connectivity index (χ1v) is 15.4. The summed E-state index contributed by atoms with van der Waals surface area (Å²) in [4.78, 5) is 2.62. The van der Waals surface area contributed by atoms with E-state index in [1.54, 1.807) is 7.11 Å². The zero-order chi connectivity index (χ0) is 24.1. The molecular formula is C31H35NOP2. The van der Waals surface area contributed by atoms with Crippen molar-refractivity contribution in [1.82, 2.24) is 4.90 Å². The molecule has 4 heteroatoms. The van der Waals surface area contributed by atoms with Crippen LogP contribution in [0.5, 0.6) is 0 Å². The summed E-state index contributed by atoms with van der Waals surface area (Å²) >= 11 is 0. The highest BCUT2D eigenvalue weighted by atomic mass is 31.1. The van der Waals surface area contributed by atoms with Gasteiger partial charge in [0, 0.05) is 26.7 Å². The van der Waals surface area contributed by atoms with Crippen LogP contribution in [-0.2, 0) is 4.74 Å². The third-order valence-electron chi connectivity index (χ3n) is 6.16. The second-order valence-corrected chi connectivity index (χ2v) is 13.2. The van der Waals surface area contributed by atoms with Gasteiger partial charge in [0.2, 0.25) is 0 Å². The van der Waals surface area contributed by atoms with Crippen LogP contribution >= 0.6 is 15.8 Å². The van der Waals surface area contributed by atoms with Gasteiger partial charge in [0.1, 0.15) is 0 Å². The monoisotopic (exact) mass is 499 g/mol. The lowest BCUT2D eigenvalue weighted by molar-refractivity contribution is 0.155. The van der Waals surface area contributed by atoms with Gasteiger partial charge in [0.05, 0.1) is 6.61 Å². The molecule has 0 saturated carbocycles. The molecule has 0 spiro atoms. The summed E-state index contributed by atoms with van der Waals surface area (Å²) in [5.74, 6) is 0. The van der Waals surface area contributed by atoms with Crippen molar-refractivity contribution < 1.29 is 4.74 Å². The van der Waals surface area contributed by atoms with Crippen molar-refractivity contribution in [2.75, 3.05) is 45.7 Å². The van der Waals surface area contributed by atoms with Crippen molar-refractivity contribution in [3.8, 4) is 0 Å². The molecule has 4 rings (SSSR count). The summed E-state index contributed by atoms with van der Waals surface area (Å²) < 4.78 is 5.49. The summed E-state index contributed by atoms with van der Waals surface area (Å²) in [6.07, 6.45) is 2.31. The van der Waals surface area contributed by atoms with Gasteiger partial charge >= 0.3 is 0 Å². The molecule has 4 aromatic rings. The Kier molecular flexibility index (Phi) is 10.5. The molecule has 0 heterocycles. The molecule has 0 unspecified atom stereocenters. The van der Waals surface area contributed by atoms with E-state index in [9.17, 15) is 0 Å². The third kappa shape index (κ3) is 7.83. The van der Waals surface area contributed by atoms with Crippen LogP contribution in [0.25, 0.3) is 0 Å². The van der Waals surface area contributed by atoms with Gasteiger partial charge in [-0.05, 0) is 49.4 Å². The van der Waals surface area contributed by atoms with Crippen molar-refractivity contribution in [1.29, 1.82) is 0 Å². The summed E-state index contributed by atoms with van der Waals surface area (Å²) in [7, 11) is 1.03. The highest BCUT2D eigenvalue weighted by molar-refractivity contribution is 7.73. The van der Waals surface area contributed by atoms with Crippen LogP contribution in [0.3, 0.4) is 0 Å². The van der Waals surface area contributed by atoms with Crippen LogP contribution in [0.4, 0.5) is 0 Å². The predicted molar refractivity (Wildman–Crippen MR) is 156 cm³/mol. The lowest BCUT2D eigenvalue weighted by atomic mass is 10.4. The SMILES string of the molecule is COCCN(CCP(c1ccccc1)c1ccccc1)CCP(c1ccccc1)c1ccccc1. The Labute approximate surface area is 213 Å². The van der Waals surface area contributed by atoms with Gasteiger partial charge in [-0.1, -0.05) is 121 Å². The zero-order valence-corrected chi connectivity index (χ0v) is 22.3. The number of hydrogen-bond acceptors (Lipinski definition) is 2. The van der Waals surface area contributed by atoms with Crippen molar-refractivity contribution in [3.63, 3.8) is 0 Å². The number of benzene rings is 4. The van der Waals surface area contributed by atoms with E-state index >= 15 is 0 Å². The lowest BCUT2D eigenvalue weighted by Crippen LogP contribution is -2.34. The lowest BCUT2D eigenvalue weighted by Gasteiger charge is -2.28. The van der Waals surface area contributed by atoms with E-state index < -0.39 is 0 Å². The number of ether oxygens (including phenoxy) is 1. The van der Waals surface area contributed by atoms with E-state index in [0.717, 1.165) is 38.6 Å². The largest absolute Gasteiger partial charge is 0.383 e. The first-order valence-electron chi connectivity index (χ1n) is 12.3. The van der Waals surface area contributed by atoms with Crippen molar-refractivity contribution in [3.05, 3.63) is 121 Å². The Morgan fingerprint density at radius 3 is 1.09 bits per heavy atom. The van der Waals surface area contributed by atoms with Crippen LogP contribution in [0, 0.1) is 0 Å². The van der Waals surface area contributed by atoms with E-state index in [0.29, 0.717) is 0 Å². The Morgan fingerprint density at radius 2 is 0.800 bits per heavy atom. The van der Waals surface area contributed by atoms with E-state index in [4.69, 9.17) is 4.74 Å². The van der Waals surface area contributed by atoms with Gasteiger partial charge in [-0.2, -0.15) is 0 Å². The fourth-order valence-electron chi connectivity index (χ4n) is 4.28. The molecule has 0 aliphatic heterocycles. The first-order chi connectivity index (χ1) is 17.3. The maximum absolute atomic E-state index is 5.49. The minimum atomic E-state index is -0.389.